The molecule has 0 aliphatic heterocycles. The van der Waals surface area contributed by atoms with Gasteiger partial charge in [-0.3, -0.25) is 9.55 Å². The molecule has 5 aromatic carbocycles. The van der Waals surface area contributed by atoms with Gasteiger partial charge >= 0.3 is 0 Å². The lowest BCUT2D eigenvalue weighted by Gasteiger charge is -2.14. The number of allylic oxidation sites excluding steroid dienone is 1. The quantitative estimate of drug-likeness (QED) is 0.207. The molecular formula is C40H27N3S. The second-order valence-corrected chi connectivity index (χ2v) is 12.4. The Morgan fingerprint density at radius 3 is 2.16 bits per heavy atom. The van der Waals surface area contributed by atoms with Crippen molar-refractivity contribution in [3.8, 4) is 39.5 Å². The summed E-state index contributed by atoms with van der Waals surface area (Å²) in [4.78, 5) is 10.3. The molecule has 1 aliphatic carbocycles. The van der Waals surface area contributed by atoms with Crippen molar-refractivity contribution >= 4 is 48.6 Å². The van der Waals surface area contributed by atoms with Gasteiger partial charge in [-0.2, -0.15) is 0 Å². The number of hydrogen-bond donors (Lipinski definition) is 0. The van der Waals surface area contributed by atoms with Crippen LogP contribution in [0.4, 0.5) is 0 Å². The van der Waals surface area contributed by atoms with E-state index in [0.29, 0.717) is 0 Å². The molecule has 0 N–H and O–H groups in total. The maximum atomic E-state index is 5.28. The summed E-state index contributed by atoms with van der Waals surface area (Å²) in [6.07, 6.45) is 6.60. The van der Waals surface area contributed by atoms with Gasteiger partial charge in [0.25, 0.3) is 0 Å². The topological polar surface area (TPSA) is 30.7 Å². The molecule has 1 aliphatic rings. The van der Waals surface area contributed by atoms with Crippen LogP contribution in [-0.2, 0) is 6.42 Å². The highest BCUT2D eigenvalue weighted by Gasteiger charge is 2.20. The number of aryl methyl sites for hydroxylation is 1. The lowest BCUT2D eigenvalue weighted by atomic mass is 9.96. The number of fused-ring (bicyclic) bond motifs is 6. The van der Waals surface area contributed by atoms with Crippen LogP contribution in [-0.4, -0.2) is 14.5 Å². The van der Waals surface area contributed by atoms with Crippen LogP contribution in [0.3, 0.4) is 0 Å². The third-order valence-electron chi connectivity index (χ3n) is 8.68. The zero-order valence-electron chi connectivity index (χ0n) is 23.9. The molecule has 8 aromatic rings. The summed E-state index contributed by atoms with van der Waals surface area (Å²) in [6.45, 7) is 0. The van der Waals surface area contributed by atoms with E-state index in [2.05, 4.69) is 132 Å². The highest BCUT2D eigenvalue weighted by atomic mass is 32.1. The molecule has 0 atom stereocenters. The largest absolute Gasteiger partial charge is 0.292 e. The van der Waals surface area contributed by atoms with E-state index in [0.717, 1.165) is 52.2 Å². The van der Waals surface area contributed by atoms with Crippen LogP contribution in [0, 0.1) is 0 Å². The molecule has 4 heteroatoms. The van der Waals surface area contributed by atoms with Gasteiger partial charge in [0, 0.05) is 42.6 Å². The van der Waals surface area contributed by atoms with Gasteiger partial charge in [-0.1, -0.05) is 109 Å². The number of imidazole rings is 1. The molecule has 3 nitrogen and oxygen atoms in total. The number of aromatic nitrogens is 3. The summed E-state index contributed by atoms with van der Waals surface area (Å²) < 4.78 is 4.92. The van der Waals surface area contributed by atoms with E-state index in [1.807, 2.05) is 23.5 Å². The number of benzene rings is 5. The van der Waals surface area contributed by atoms with Gasteiger partial charge in [-0.05, 0) is 54.3 Å². The molecule has 0 unspecified atom stereocenters. The van der Waals surface area contributed by atoms with Crippen LogP contribution in [0.15, 0.2) is 133 Å². The number of rotatable bonds is 4. The average molecular weight is 582 g/mol. The van der Waals surface area contributed by atoms with E-state index in [4.69, 9.17) is 9.97 Å². The van der Waals surface area contributed by atoms with E-state index in [9.17, 15) is 0 Å². The van der Waals surface area contributed by atoms with E-state index < -0.39 is 0 Å². The Bertz CT molecular complexity index is 2360. The Morgan fingerprint density at radius 1 is 0.614 bits per heavy atom. The van der Waals surface area contributed by atoms with E-state index in [1.165, 1.54) is 42.6 Å². The van der Waals surface area contributed by atoms with Crippen molar-refractivity contribution in [3.05, 3.63) is 145 Å². The van der Waals surface area contributed by atoms with Gasteiger partial charge in [-0.15, -0.1) is 11.3 Å². The Morgan fingerprint density at radius 2 is 1.32 bits per heavy atom. The van der Waals surface area contributed by atoms with E-state index in [-0.39, 0.29) is 0 Å². The third-order valence-corrected chi connectivity index (χ3v) is 9.88. The molecule has 44 heavy (non-hydrogen) atoms. The summed E-state index contributed by atoms with van der Waals surface area (Å²) in [5, 5.41) is 2.56. The minimum atomic E-state index is 0.948. The number of nitrogens with zero attached hydrogens (tertiary/aromatic N) is 3. The maximum absolute atomic E-state index is 5.28. The summed E-state index contributed by atoms with van der Waals surface area (Å²) in [5.41, 5.74) is 11.4. The third kappa shape index (κ3) is 4.03. The zero-order valence-corrected chi connectivity index (χ0v) is 24.8. The highest BCUT2D eigenvalue weighted by molar-refractivity contribution is 7.26. The molecule has 3 aromatic heterocycles. The summed E-state index contributed by atoms with van der Waals surface area (Å²) in [5.74, 6) is 0.948. The number of thiophene rings is 1. The Balaban J connectivity index is 1.11. The molecule has 0 fully saturated rings. The predicted molar refractivity (Wildman–Crippen MR) is 185 cm³/mol. The normalized spacial score (nSPS) is 12.7. The smallest absolute Gasteiger partial charge is 0.145 e. The van der Waals surface area contributed by atoms with Crippen molar-refractivity contribution < 1.29 is 0 Å². The van der Waals surface area contributed by atoms with Crippen molar-refractivity contribution in [2.24, 2.45) is 0 Å². The fraction of sp³-hybridized carbons (Fsp3) is 0.0500. The molecule has 0 bridgehead atoms. The van der Waals surface area contributed by atoms with Crippen LogP contribution in [0.1, 0.15) is 17.7 Å². The minimum Gasteiger partial charge on any atom is -0.292 e. The number of pyridine rings is 1. The van der Waals surface area contributed by atoms with Gasteiger partial charge in [0.15, 0.2) is 0 Å². The average Bonchev–Trinajstić information content (AvgIpc) is 3.68. The predicted octanol–water partition coefficient (Wildman–Crippen LogP) is 10.7. The second-order valence-electron chi connectivity index (χ2n) is 11.3. The molecule has 0 spiro atoms. The summed E-state index contributed by atoms with van der Waals surface area (Å²) >= 11 is 1.89. The monoisotopic (exact) mass is 581 g/mol. The fourth-order valence-corrected chi connectivity index (χ4v) is 7.79. The molecule has 0 radical (unpaired) electrons. The van der Waals surface area contributed by atoms with Gasteiger partial charge in [0.05, 0.1) is 22.4 Å². The first-order valence-electron chi connectivity index (χ1n) is 15.1. The lowest BCUT2D eigenvalue weighted by molar-refractivity contribution is 0.936. The van der Waals surface area contributed by atoms with Crippen LogP contribution < -0.4 is 0 Å². The molecule has 0 saturated carbocycles. The van der Waals surface area contributed by atoms with Crippen LogP contribution in [0.25, 0.3) is 76.7 Å². The molecule has 3 heterocycles. The van der Waals surface area contributed by atoms with Crippen LogP contribution in [0.2, 0.25) is 0 Å². The highest BCUT2D eigenvalue weighted by Crippen LogP contribution is 2.43. The zero-order chi connectivity index (χ0) is 29.0. The van der Waals surface area contributed by atoms with Gasteiger partial charge in [-0.25, -0.2) is 4.98 Å². The lowest BCUT2D eigenvalue weighted by Crippen LogP contribution is -2.00. The van der Waals surface area contributed by atoms with Crippen molar-refractivity contribution in [3.63, 3.8) is 0 Å². The molecule has 0 saturated heterocycles. The molecular weight excluding hydrogens is 555 g/mol. The van der Waals surface area contributed by atoms with Crippen LogP contribution in [0.5, 0.6) is 0 Å². The molecule has 9 rings (SSSR count). The van der Waals surface area contributed by atoms with E-state index in [1.54, 1.807) is 0 Å². The Labute approximate surface area is 259 Å². The first-order valence-corrected chi connectivity index (χ1v) is 15.9. The first-order chi connectivity index (χ1) is 21.8. The Kier molecular flexibility index (Phi) is 5.81. The first kappa shape index (κ1) is 25.2. The number of hydrogen-bond acceptors (Lipinski definition) is 3. The molecule has 208 valence electrons. The maximum Gasteiger partial charge on any atom is 0.145 e. The van der Waals surface area contributed by atoms with Gasteiger partial charge < -0.3 is 0 Å². The summed E-state index contributed by atoms with van der Waals surface area (Å²) in [6, 6.07) is 45.2. The van der Waals surface area contributed by atoms with Crippen molar-refractivity contribution in [2.45, 2.75) is 12.8 Å². The number of para-hydroxylation sites is 2. The van der Waals surface area contributed by atoms with Crippen molar-refractivity contribution in [1.29, 1.82) is 0 Å². The van der Waals surface area contributed by atoms with E-state index >= 15 is 0 Å². The molecule has 0 amide bonds. The van der Waals surface area contributed by atoms with Gasteiger partial charge in [0.1, 0.15) is 5.82 Å². The van der Waals surface area contributed by atoms with Gasteiger partial charge in [0.2, 0.25) is 0 Å². The van der Waals surface area contributed by atoms with Crippen molar-refractivity contribution in [2.75, 3.05) is 0 Å². The fourth-order valence-electron chi connectivity index (χ4n) is 6.54. The second kappa shape index (κ2) is 10.1. The van der Waals surface area contributed by atoms with Crippen LogP contribution >= 0.6 is 11.3 Å². The minimum absolute atomic E-state index is 0.948. The SMILES string of the molecule is C1=Cc2c(nc(-c3ccc(-c4ccc(-n5c(-c6ccccc6)nc6ccccc65)cc4)cc3)c3c2sc2ccccc23)CC1. The standard InChI is InChI=1S/C40H27N3S/c1-2-10-29(11-3-1)40-42-34-15-7-8-16-35(34)43(40)30-24-22-27(23-25-30)26-18-20-28(21-19-26)38-37-32-13-5-9-17-36(32)44-39(37)31-12-4-6-14-33(31)41-38/h1-5,7-13,15-25H,6,14H2. The van der Waals surface area contributed by atoms with Crippen molar-refractivity contribution in [1.82, 2.24) is 14.5 Å². The Hall–Kier alpha value is -5.32. The summed E-state index contributed by atoms with van der Waals surface area (Å²) in [7, 11) is 0.